The van der Waals surface area contributed by atoms with E-state index in [4.69, 9.17) is 14.2 Å². The van der Waals surface area contributed by atoms with Crippen molar-refractivity contribution < 1.29 is 23.4 Å². The number of aryl methyl sites for hydroxylation is 1. The van der Waals surface area contributed by atoms with Crippen LogP contribution in [0.15, 0.2) is 24.4 Å². The van der Waals surface area contributed by atoms with Gasteiger partial charge in [0.2, 0.25) is 11.8 Å². The number of rotatable bonds is 7. The number of anilines is 1. The van der Waals surface area contributed by atoms with Gasteiger partial charge in [0.15, 0.2) is 0 Å². The molecule has 3 aromatic heterocycles. The van der Waals surface area contributed by atoms with Crippen LogP contribution in [-0.4, -0.2) is 64.3 Å². The van der Waals surface area contributed by atoms with Crippen LogP contribution in [0.25, 0.3) is 11.0 Å². The predicted molar refractivity (Wildman–Crippen MR) is 134 cm³/mol. The molecule has 0 amide bonds. The third-order valence-corrected chi connectivity index (χ3v) is 7.91. The molecule has 3 aromatic rings. The number of carbonyl (C=O) groups is 1. The molecule has 7 rings (SSSR count). The summed E-state index contributed by atoms with van der Waals surface area (Å²) in [6.07, 6.45) is 6.12. The van der Waals surface area contributed by atoms with E-state index in [0.717, 1.165) is 36.9 Å². The van der Waals surface area contributed by atoms with Crippen molar-refractivity contribution >= 4 is 22.7 Å². The Labute approximate surface area is 214 Å². The first-order chi connectivity index (χ1) is 17.9. The molecule has 1 aliphatic carbocycles. The largest absolute Gasteiger partial charge is 0.481 e. The van der Waals surface area contributed by atoms with Gasteiger partial charge in [0, 0.05) is 30.3 Å². The number of nitrogens with zero attached hydrogens (tertiary/aromatic N) is 4. The number of nitrogens with one attached hydrogen (secondary N) is 1. The number of halogens is 1. The lowest BCUT2D eigenvalue weighted by Crippen LogP contribution is -2.59. The Morgan fingerprint density at radius 1 is 1.24 bits per heavy atom. The summed E-state index contributed by atoms with van der Waals surface area (Å²) < 4.78 is 32.0. The lowest BCUT2D eigenvalue weighted by atomic mass is 9.76. The molecule has 3 fully saturated rings. The SMILES string of the molecule is COc1cc(C)c2ncc(F)c(CCN(Cc3ccc4c(n3)OC(=O)CN4)C34CCC(CC3)OC4)c2n1. The van der Waals surface area contributed by atoms with Crippen molar-refractivity contribution in [3.63, 3.8) is 0 Å². The molecule has 4 aliphatic rings. The zero-order valence-electron chi connectivity index (χ0n) is 21.1. The van der Waals surface area contributed by atoms with E-state index in [0.29, 0.717) is 66.3 Å². The zero-order valence-corrected chi connectivity index (χ0v) is 21.1. The van der Waals surface area contributed by atoms with E-state index in [2.05, 4.69) is 25.2 Å². The summed E-state index contributed by atoms with van der Waals surface area (Å²) in [6, 6.07) is 5.65. The van der Waals surface area contributed by atoms with Gasteiger partial charge in [-0.25, -0.2) is 19.2 Å². The van der Waals surface area contributed by atoms with E-state index < -0.39 is 0 Å². The lowest BCUT2D eigenvalue weighted by molar-refractivity contribution is -0.138. The van der Waals surface area contributed by atoms with Crippen LogP contribution < -0.4 is 14.8 Å². The molecule has 0 unspecified atom stereocenters. The van der Waals surface area contributed by atoms with Crippen LogP contribution in [0.4, 0.5) is 10.1 Å². The van der Waals surface area contributed by atoms with Crippen LogP contribution in [0, 0.1) is 12.7 Å². The smallest absolute Gasteiger partial charge is 0.332 e. The predicted octanol–water partition coefficient (Wildman–Crippen LogP) is 3.57. The third-order valence-electron chi connectivity index (χ3n) is 7.91. The number of carbonyl (C=O) groups excluding carboxylic acids is 1. The number of aromatic nitrogens is 3. The van der Waals surface area contributed by atoms with E-state index >= 15 is 4.39 Å². The Morgan fingerprint density at radius 2 is 2.08 bits per heavy atom. The molecular formula is C27H30FN5O4. The second-order valence-electron chi connectivity index (χ2n) is 10.2. The number of ether oxygens (including phenoxy) is 3. The summed E-state index contributed by atoms with van der Waals surface area (Å²) in [4.78, 5) is 27.6. The van der Waals surface area contributed by atoms with E-state index in [1.54, 1.807) is 7.11 Å². The highest BCUT2D eigenvalue weighted by Gasteiger charge is 2.45. The molecule has 10 heteroatoms. The molecule has 0 spiro atoms. The van der Waals surface area contributed by atoms with Crippen molar-refractivity contribution in [3.05, 3.63) is 47.0 Å². The standard InChI is InChI=1S/C27H30FN5O4/c1-16-11-22(35-2)32-25-19(20(28)12-30-24(16)25)7-10-33(27-8-5-18(6-9-27)36-15-27)14-17-3-4-21-26(31-17)37-23(34)13-29-21/h3-4,11-12,18,29H,5-10,13-15H2,1-2H3. The molecule has 0 aromatic carbocycles. The van der Waals surface area contributed by atoms with E-state index in [9.17, 15) is 4.79 Å². The van der Waals surface area contributed by atoms with Gasteiger partial charge < -0.3 is 19.5 Å². The summed E-state index contributed by atoms with van der Waals surface area (Å²) in [5, 5.41) is 3.03. The molecule has 2 bridgehead atoms. The highest BCUT2D eigenvalue weighted by Crippen LogP contribution is 2.41. The fourth-order valence-electron chi connectivity index (χ4n) is 5.80. The summed E-state index contributed by atoms with van der Waals surface area (Å²) in [7, 11) is 1.55. The third kappa shape index (κ3) is 4.48. The maximum absolute atomic E-state index is 15.2. The highest BCUT2D eigenvalue weighted by molar-refractivity contribution is 5.82. The minimum Gasteiger partial charge on any atom is -0.481 e. The van der Waals surface area contributed by atoms with Crippen LogP contribution in [0.1, 0.15) is 42.5 Å². The van der Waals surface area contributed by atoms with Gasteiger partial charge in [0.05, 0.1) is 48.4 Å². The zero-order chi connectivity index (χ0) is 25.6. The van der Waals surface area contributed by atoms with E-state index in [1.807, 2.05) is 25.1 Å². The average molecular weight is 508 g/mol. The van der Waals surface area contributed by atoms with Crippen LogP contribution in [0.5, 0.6) is 11.8 Å². The summed E-state index contributed by atoms with van der Waals surface area (Å²) in [5.74, 6) is 0.00530. The molecule has 194 valence electrons. The molecular weight excluding hydrogens is 477 g/mol. The van der Waals surface area contributed by atoms with Gasteiger partial charge in [-0.2, -0.15) is 0 Å². The average Bonchev–Trinajstić information content (AvgIpc) is 2.92. The molecule has 3 aliphatic heterocycles. The van der Waals surface area contributed by atoms with Crippen LogP contribution in [0.2, 0.25) is 0 Å². The molecule has 6 heterocycles. The first-order valence-electron chi connectivity index (χ1n) is 12.7. The van der Waals surface area contributed by atoms with Crippen molar-refractivity contribution in [1.29, 1.82) is 0 Å². The van der Waals surface area contributed by atoms with Crippen molar-refractivity contribution in [2.75, 3.05) is 32.1 Å². The molecule has 1 saturated carbocycles. The second-order valence-corrected chi connectivity index (χ2v) is 10.2. The quantitative estimate of drug-likeness (QED) is 0.481. The normalized spacial score (nSPS) is 22.6. The van der Waals surface area contributed by atoms with Gasteiger partial charge in [0.1, 0.15) is 12.4 Å². The van der Waals surface area contributed by atoms with Gasteiger partial charge in [0.25, 0.3) is 0 Å². The summed E-state index contributed by atoms with van der Waals surface area (Å²) >= 11 is 0. The molecule has 1 N–H and O–H groups in total. The minimum absolute atomic E-state index is 0.130. The number of hydrogen-bond donors (Lipinski definition) is 1. The Bertz CT molecular complexity index is 1340. The lowest BCUT2D eigenvalue weighted by Gasteiger charge is -2.52. The maximum atomic E-state index is 15.2. The fraction of sp³-hybridized carbons (Fsp3) is 0.481. The van der Waals surface area contributed by atoms with Gasteiger partial charge >= 0.3 is 5.97 Å². The second kappa shape index (κ2) is 9.50. The minimum atomic E-state index is -0.376. The van der Waals surface area contributed by atoms with E-state index in [1.165, 1.54) is 6.20 Å². The van der Waals surface area contributed by atoms with Crippen LogP contribution in [0.3, 0.4) is 0 Å². The van der Waals surface area contributed by atoms with Crippen LogP contribution in [-0.2, 0) is 22.5 Å². The van der Waals surface area contributed by atoms with Gasteiger partial charge in [-0.05, 0) is 56.7 Å². The number of fused-ring (bicyclic) bond motifs is 5. The van der Waals surface area contributed by atoms with Gasteiger partial charge in [-0.15, -0.1) is 0 Å². The molecule has 2 saturated heterocycles. The Morgan fingerprint density at radius 3 is 2.84 bits per heavy atom. The Hall–Kier alpha value is -3.37. The monoisotopic (exact) mass is 507 g/mol. The Kier molecular flexibility index (Phi) is 6.16. The number of hydrogen-bond acceptors (Lipinski definition) is 9. The van der Waals surface area contributed by atoms with Crippen molar-refractivity contribution in [3.8, 4) is 11.8 Å². The first kappa shape index (κ1) is 24.0. The first-order valence-corrected chi connectivity index (χ1v) is 12.7. The van der Waals surface area contributed by atoms with Crippen LogP contribution >= 0.6 is 0 Å². The maximum Gasteiger partial charge on any atom is 0.332 e. The molecule has 0 radical (unpaired) electrons. The fourth-order valence-corrected chi connectivity index (χ4v) is 5.80. The van der Waals surface area contributed by atoms with Crippen molar-refractivity contribution in [2.45, 2.75) is 57.2 Å². The summed E-state index contributed by atoms with van der Waals surface area (Å²) in [6.45, 7) is 3.81. The number of methoxy groups -OCH3 is 1. The van der Waals surface area contributed by atoms with E-state index in [-0.39, 0.29) is 23.9 Å². The van der Waals surface area contributed by atoms with Gasteiger partial charge in [-0.1, -0.05) is 0 Å². The van der Waals surface area contributed by atoms with Gasteiger partial charge in [-0.3, -0.25) is 9.88 Å². The molecule has 0 atom stereocenters. The molecule has 37 heavy (non-hydrogen) atoms. The van der Waals surface area contributed by atoms with Crippen molar-refractivity contribution in [2.24, 2.45) is 0 Å². The topological polar surface area (TPSA) is 98.7 Å². The highest BCUT2D eigenvalue weighted by atomic mass is 19.1. The Balaban J connectivity index is 1.32. The summed E-state index contributed by atoms with van der Waals surface area (Å²) in [5.41, 5.74) is 3.95. The van der Waals surface area contributed by atoms with Crippen molar-refractivity contribution in [1.82, 2.24) is 19.9 Å². The molecule has 9 nitrogen and oxygen atoms in total. The number of pyridine rings is 3. The number of esters is 1.